The normalized spacial score (nSPS) is 16.1. The summed E-state index contributed by atoms with van der Waals surface area (Å²) in [6, 6.07) is 9.77. The Kier molecular flexibility index (Phi) is 4.10. The molecule has 8 heteroatoms. The molecule has 4 aromatic rings. The number of fused-ring (bicyclic) bond motifs is 1. The van der Waals surface area contributed by atoms with Crippen LogP contribution >= 0.6 is 0 Å². The van der Waals surface area contributed by atoms with Gasteiger partial charge in [-0.25, -0.2) is 0 Å². The fraction of sp³-hybridized carbons (Fsp3) is 0.316. The van der Waals surface area contributed by atoms with Gasteiger partial charge in [0.25, 0.3) is 0 Å². The van der Waals surface area contributed by atoms with E-state index in [0.29, 0.717) is 5.92 Å². The molecule has 1 aliphatic rings. The van der Waals surface area contributed by atoms with E-state index in [4.69, 9.17) is 9.62 Å². The molecule has 0 bridgehead atoms. The van der Waals surface area contributed by atoms with Crippen molar-refractivity contribution in [2.24, 2.45) is 0 Å². The summed E-state index contributed by atoms with van der Waals surface area (Å²) < 4.78 is 7.10. The first-order valence-electron chi connectivity index (χ1n) is 9.11. The number of rotatable bonds is 4. The van der Waals surface area contributed by atoms with E-state index in [1.54, 1.807) is 12.4 Å². The van der Waals surface area contributed by atoms with Gasteiger partial charge in [0.2, 0.25) is 0 Å². The molecule has 0 spiro atoms. The van der Waals surface area contributed by atoms with Crippen LogP contribution in [0.1, 0.15) is 30.3 Å². The maximum absolute atomic E-state index is 5.21. The van der Waals surface area contributed by atoms with Crippen LogP contribution < -0.4 is 0 Å². The maximum atomic E-state index is 5.21. The first-order valence-corrected chi connectivity index (χ1v) is 9.11. The summed E-state index contributed by atoms with van der Waals surface area (Å²) in [4.78, 5) is 6.57. The van der Waals surface area contributed by atoms with Gasteiger partial charge in [-0.1, -0.05) is 5.16 Å². The molecule has 8 nitrogen and oxygen atoms in total. The topological polar surface area (TPSA) is 85.2 Å². The predicted octanol–water partition coefficient (Wildman–Crippen LogP) is 2.55. The van der Waals surface area contributed by atoms with Gasteiger partial charge in [-0.3, -0.25) is 9.88 Å². The van der Waals surface area contributed by atoms with Crippen LogP contribution in [0.2, 0.25) is 0 Å². The fourth-order valence-corrected chi connectivity index (χ4v) is 3.62. The van der Waals surface area contributed by atoms with Crippen LogP contribution in [-0.4, -0.2) is 47.9 Å². The first kappa shape index (κ1) is 16.1. The molecule has 0 unspecified atom stereocenters. The lowest BCUT2D eigenvalue weighted by Crippen LogP contribution is -2.33. The number of pyridine rings is 1. The largest absolute Gasteiger partial charge is 0.360 e. The summed E-state index contributed by atoms with van der Waals surface area (Å²) in [5.41, 5.74) is 2.64. The summed E-state index contributed by atoms with van der Waals surface area (Å²) in [5, 5.41) is 17.3. The molecular formula is C19H19N7O. The smallest absolute Gasteiger partial charge is 0.177 e. The van der Waals surface area contributed by atoms with Gasteiger partial charge in [-0.15, -0.1) is 10.2 Å². The van der Waals surface area contributed by atoms with Crippen LogP contribution in [0, 0.1) is 0 Å². The Labute approximate surface area is 155 Å². The molecule has 0 radical (unpaired) electrons. The van der Waals surface area contributed by atoms with Crippen LogP contribution in [0.3, 0.4) is 0 Å². The Morgan fingerprint density at radius 3 is 2.74 bits per heavy atom. The zero-order chi connectivity index (χ0) is 18.1. The van der Waals surface area contributed by atoms with Gasteiger partial charge in [0.15, 0.2) is 17.2 Å². The van der Waals surface area contributed by atoms with E-state index in [-0.39, 0.29) is 0 Å². The highest BCUT2D eigenvalue weighted by Crippen LogP contribution is 2.28. The van der Waals surface area contributed by atoms with Crippen molar-refractivity contribution in [1.29, 1.82) is 0 Å². The number of likely N-dealkylation sites (tertiary alicyclic amines) is 1. The van der Waals surface area contributed by atoms with Gasteiger partial charge < -0.3 is 4.52 Å². The SMILES string of the molecule is c1cncc(-c2ccc3nnc(C4CCN(Cc5ccno5)CC4)n3n2)c1. The second-order valence-electron chi connectivity index (χ2n) is 6.82. The van der Waals surface area contributed by atoms with E-state index < -0.39 is 0 Å². The molecule has 5 heterocycles. The minimum atomic E-state index is 0.350. The van der Waals surface area contributed by atoms with Crippen LogP contribution in [0.4, 0.5) is 0 Å². The Morgan fingerprint density at radius 2 is 1.96 bits per heavy atom. The number of piperidine rings is 1. The third-order valence-electron chi connectivity index (χ3n) is 5.07. The minimum Gasteiger partial charge on any atom is -0.360 e. The molecule has 0 aliphatic carbocycles. The maximum Gasteiger partial charge on any atom is 0.177 e. The van der Waals surface area contributed by atoms with Gasteiger partial charge in [-0.2, -0.15) is 9.61 Å². The van der Waals surface area contributed by atoms with E-state index in [2.05, 4.69) is 25.2 Å². The lowest BCUT2D eigenvalue weighted by Gasteiger charge is -2.30. The number of nitrogens with zero attached hydrogens (tertiary/aromatic N) is 7. The van der Waals surface area contributed by atoms with Crippen molar-refractivity contribution in [2.45, 2.75) is 25.3 Å². The monoisotopic (exact) mass is 361 g/mol. The third kappa shape index (κ3) is 3.19. The standard InChI is InChI=1S/C19H19N7O/c1-2-15(12-20-8-1)17-3-4-18-22-23-19(26(18)24-17)14-6-10-25(11-7-14)13-16-5-9-21-27-16/h1-5,8-9,12,14H,6-7,10-11,13H2. The van der Waals surface area contributed by atoms with Crippen LogP contribution in [0.15, 0.2) is 53.4 Å². The summed E-state index contributed by atoms with van der Waals surface area (Å²) in [6.45, 7) is 2.78. The summed E-state index contributed by atoms with van der Waals surface area (Å²) >= 11 is 0. The average Bonchev–Trinajstić information content (AvgIpc) is 3.39. The van der Waals surface area contributed by atoms with Gasteiger partial charge in [-0.05, 0) is 50.2 Å². The van der Waals surface area contributed by atoms with Crippen molar-refractivity contribution in [3.63, 3.8) is 0 Å². The Balaban J connectivity index is 1.36. The van der Waals surface area contributed by atoms with E-state index in [1.165, 1.54) is 0 Å². The highest BCUT2D eigenvalue weighted by molar-refractivity contribution is 5.58. The molecule has 5 rings (SSSR count). The quantitative estimate of drug-likeness (QED) is 0.552. The van der Waals surface area contributed by atoms with Crippen molar-refractivity contribution in [3.05, 3.63) is 60.5 Å². The Morgan fingerprint density at radius 1 is 1.04 bits per heavy atom. The van der Waals surface area contributed by atoms with Gasteiger partial charge in [0.05, 0.1) is 18.4 Å². The predicted molar refractivity (Wildman–Crippen MR) is 97.8 cm³/mol. The summed E-state index contributed by atoms with van der Waals surface area (Å²) in [6.07, 6.45) is 7.32. The van der Waals surface area contributed by atoms with Gasteiger partial charge in [0.1, 0.15) is 0 Å². The van der Waals surface area contributed by atoms with E-state index >= 15 is 0 Å². The average molecular weight is 361 g/mol. The van der Waals surface area contributed by atoms with Crippen molar-refractivity contribution in [3.8, 4) is 11.3 Å². The second-order valence-corrected chi connectivity index (χ2v) is 6.82. The molecule has 4 aromatic heterocycles. The molecule has 27 heavy (non-hydrogen) atoms. The van der Waals surface area contributed by atoms with Gasteiger partial charge >= 0.3 is 0 Å². The van der Waals surface area contributed by atoms with E-state index in [0.717, 1.165) is 61.0 Å². The fourth-order valence-electron chi connectivity index (χ4n) is 3.62. The van der Waals surface area contributed by atoms with Crippen molar-refractivity contribution in [1.82, 2.24) is 34.9 Å². The van der Waals surface area contributed by atoms with Crippen molar-refractivity contribution >= 4 is 5.65 Å². The van der Waals surface area contributed by atoms with Crippen molar-refractivity contribution in [2.75, 3.05) is 13.1 Å². The minimum absolute atomic E-state index is 0.350. The molecule has 0 atom stereocenters. The highest BCUT2D eigenvalue weighted by Gasteiger charge is 2.25. The molecule has 1 saturated heterocycles. The highest BCUT2D eigenvalue weighted by atomic mass is 16.5. The summed E-state index contributed by atoms with van der Waals surface area (Å²) in [7, 11) is 0. The Bertz CT molecular complexity index is 1020. The third-order valence-corrected chi connectivity index (χ3v) is 5.07. The van der Waals surface area contributed by atoms with E-state index in [9.17, 15) is 0 Å². The number of hydrogen-bond donors (Lipinski definition) is 0. The summed E-state index contributed by atoms with van der Waals surface area (Å²) in [5.74, 6) is 2.20. The van der Waals surface area contributed by atoms with E-state index in [1.807, 2.05) is 41.0 Å². The molecule has 0 aromatic carbocycles. The lowest BCUT2D eigenvalue weighted by molar-refractivity contribution is 0.181. The first-order chi connectivity index (χ1) is 13.4. The molecule has 136 valence electrons. The molecular weight excluding hydrogens is 342 g/mol. The Hall–Kier alpha value is -3.13. The van der Waals surface area contributed by atoms with Crippen molar-refractivity contribution < 1.29 is 4.52 Å². The zero-order valence-electron chi connectivity index (χ0n) is 14.8. The van der Waals surface area contributed by atoms with Crippen LogP contribution in [-0.2, 0) is 6.54 Å². The molecule has 0 N–H and O–H groups in total. The van der Waals surface area contributed by atoms with Crippen LogP contribution in [0.5, 0.6) is 0 Å². The molecule has 0 amide bonds. The second kappa shape index (κ2) is 6.88. The van der Waals surface area contributed by atoms with Crippen LogP contribution in [0.25, 0.3) is 16.9 Å². The lowest BCUT2D eigenvalue weighted by atomic mass is 9.96. The number of aromatic nitrogens is 6. The van der Waals surface area contributed by atoms with Gasteiger partial charge in [0, 0.05) is 29.9 Å². The molecule has 0 saturated carbocycles. The molecule has 1 fully saturated rings. The number of hydrogen-bond acceptors (Lipinski definition) is 7. The molecule has 1 aliphatic heterocycles. The zero-order valence-corrected chi connectivity index (χ0v) is 14.8.